The molecule has 0 bridgehead atoms. The molecule has 0 aromatic carbocycles. The lowest BCUT2D eigenvalue weighted by Crippen LogP contribution is -2.35. The molecule has 0 aromatic rings. The second kappa shape index (κ2) is 5.92. The van der Waals surface area contributed by atoms with Crippen molar-refractivity contribution in [2.45, 2.75) is 6.10 Å². The summed E-state index contributed by atoms with van der Waals surface area (Å²) in [6, 6.07) is 0. The molecule has 0 saturated carbocycles. The first-order valence-corrected chi connectivity index (χ1v) is 3.27. The Labute approximate surface area is 67.5 Å². The predicted molar refractivity (Wildman–Crippen MR) is 41.7 cm³/mol. The number of ether oxygens (including phenoxy) is 2. The number of halogens is 1. The van der Waals surface area contributed by atoms with E-state index in [1.165, 1.54) is 0 Å². The van der Waals surface area contributed by atoms with Crippen LogP contribution in [0.3, 0.4) is 0 Å². The van der Waals surface area contributed by atoms with Crippen molar-refractivity contribution in [2.24, 2.45) is 0 Å². The first kappa shape index (κ1) is 10.2. The van der Waals surface area contributed by atoms with Crippen LogP contribution in [0.2, 0.25) is 0 Å². The first-order chi connectivity index (χ1) is 4.43. The Kier molecular flexibility index (Phi) is 6.02. The minimum absolute atomic E-state index is 0. The van der Waals surface area contributed by atoms with Crippen molar-refractivity contribution in [3.8, 4) is 0 Å². The van der Waals surface area contributed by atoms with Gasteiger partial charge in [-0.2, -0.15) is 0 Å². The summed E-state index contributed by atoms with van der Waals surface area (Å²) in [5.74, 6) is 0. The normalized spacial score (nSPS) is 25.5. The van der Waals surface area contributed by atoms with Gasteiger partial charge >= 0.3 is 0 Å². The molecule has 4 heteroatoms. The molecule has 3 nitrogen and oxygen atoms in total. The summed E-state index contributed by atoms with van der Waals surface area (Å²) >= 11 is 0. The minimum Gasteiger partial charge on any atom is -0.376 e. The summed E-state index contributed by atoms with van der Waals surface area (Å²) in [4.78, 5) is 0. The van der Waals surface area contributed by atoms with Crippen molar-refractivity contribution in [2.75, 3.05) is 33.4 Å². The molecular weight excluding hydrogens is 154 g/mol. The Balaban J connectivity index is 0.000000810. The molecule has 62 valence electrons. The maximum absolute atomic E-state index is 5.33. The highest BCUT2D eigenvalue weighted by Crippen LogP contribution is 1.97. The third-order valence-electron chi connectivity index (χ3n) is 1.32. The van der Waals surface area contributed by atoms with E-state index in [0.29, 0.717) is 0 Å². The second-order valence-electron chi connectivity index (χ2n) is 2.13. The van der Waals surface area contributed by atoms with E-state index in [-0.39, 0.29) is 18.5 Å². The van der Waals surface area contributed by atoms with Crippen LogP contribution in [0.5, 0.6) is 0 Å². The standard InChI is InChI=1S/C6H13NO2.ClH/c1-7-4-6-5-8-2-3-9-6;/h6-7H,2-5H2,1H3;1H/t6-;/m1./s1. The van der Waals surface area contributed by atoms with Crippen LogP contribution in [-0.2, 0) is 9.47 Å². The number of rotatable bonds is 2. The van der Waals surface area contributed by atoms with E-state index in [4.69, 9.17) is 9.47 Å². The summed E-state index contributed by atoms with van der Waals surface area (Å²) in [6.45, 7) is 3.12. The third kappa shape index (κ3) is 3.37. The molecule has 1 N–H and O–H groups in total. The fraction of sp³-hybridized carbons (Fsp3) is 1.00. The molecule has 10 heavy (non-hydrogen) atoms. The second-order valence-corrected chi connectivity index (χ2v) is 2.13. The first-order valence-electron chi connectivity index (χ1n) is 3.27. The van der Waals surface area contributed by atoms with Crippen LogP contribution < -0.4 is 5.32 Å². The van der Waals surface area contributed by atoms with Gasteiger partial charge in [0.2, 0.25) is 0 Å². The van der Waals surface area contributed by atoms with Gasteiger partial charge in [-0.05, 0) is 7.05 Å². The Morgan fingerprint density at radius 1 is 1.50 bits per heavy atom. The van der Waals surface area contributed by atoms with Gasteiger partial charge in [-0.25, -0.2) is 0 Å². The van der Waals surface area contributed by atoms with Crippen LogP contribution in [0.25, 0.3) is 0 Å². The maximum atomic E-state index is 5.33. The Hall–Kier alpha value is 0.170. The van der Waals surface area contributed by atoms with Gasteiger partial charge in [0, 0.05) is 6.54 Å². The molecule has 1 aliphatic heterocycles. The Morgan fingerprint density at radius 2 is 2.30 bits per heavy atom. The van der Waals surface area contributed by atoms with E-state index in [2.05, 4.69) is 5.32 Å². The highest BCUT2D eigenvalue weighted by molar-refractivity contribution is 5.85. The molecule has 0 aliphatic carbocycles. The van der Waals surface area contributed by atoms with Crippen LogP contribution in [0.4, 0.5) is 0 Å². The van der Waals surface area contributed by atoms with E-state index in [0.717, 1.165) is 26.4 Å². The lowest BCUT2D eigenvalue weighted by atomic mass is 10.3. The van der Waals surface area contributed by atoms with Crippen LogP contribution in [-0.4, -0.2) is 39.5 Å². The van der Waals surface area contributed by atoms with Crippen molar-refractivity contribution in [1.29, 1.82) is 0 Å². The number of likely N-dealkylation sites (N-methyl/N-ethyl adjacent to an activating group) is 1. The van der Waals surface area contributed by atoms with Gasteiger partial charge < -0.3 is 14.8 Å². The van der Waals surface area contributed by atoms with Crippen molar-refractivity contribution >= 4 is 12.4 Å². The van der Waals surface area contributed by atoms with E-state index in [1.807, 2.05) is 7.05 Å². The molecule has 1 saturated heterocycles. The van der Waals surface area contributed by atoms with E-state index >= 15 is 0 Å². The maximum Gasteiger partial charge on any atom is 0.0933 e. The topological polar surface area (TPSA) is 30.5 Å². The molecule has 0 amide bonds. The predicted octanol–water partition coefficient (Wildman–Crippen LogP) is 0.0430. The van der Waals surface area contributed by atoms with Crippen LogP contribution in [0.15, 0.2) is 0 Å². The van der Waals surface area contributed by atoms with Gasteiger partial charge in [-0.15, -0.1) is 12.4 Å². The molecule has 0 radical (unpaired) electrons. The third-order valence-corrected chi connectivity index (χ3v) is 1.32. The van der Waals surface area contributed by atoms with E-state index in [1.54, 1.807) is 0 Å². The zero-order valence-corrected chi connectivity index (χ0v) is 6.95. The molecule has 1 heterocycles. The van der Waals surface area contributed by atoms with Crippen LogP contribution in [0.1, 0.15) is 0 Å². The summed E-state index contributed by atoms with van der Waals surface area (Å²) in [5, 5.41) is 3.03. The summed E-state index contributed by atoms with van der Waals surface area (Å²) in [7, 11) is 1.91. The zero-order chi connectivity index (χ0) is 6.53. The van der Waals surface area contributed by atoms with Gasteiger partial charge in [0.25, 0.3) is 0 Å². The Morgan fingerprint density at radius 3 is 2.80 bits per heavy atom. The van der Waals surface area contributed by atoms with Gasteiger partial charge in [-0.1, -0.05) is 0 Å². The van der Waals surface area contributed by atoms with Crippen molar-refractivity contribution in [3.05, 3.63) is 0 Å². The quantitative estimate of drug-likeness (QED) is 0.630. The lowest BCUT2D eigenvalue weighted by molar-refractivity contribution is -0.0858. The number of nitrogens with one attached hydrogen (secondary N) is 1. The van der Waals surface area contributed by atoms with E-state index < -0.39 is 0 Å². The Bertz CT molecular complexity index is 73.4. The fourth-order valence-corrected chi connectivity index (χ4v) is 0.882. The van der Waals surface area contributed by atoms with E-state index in [9.17, 15) is 0 Å². The van der Waals surface area contributed by atoms with Gasteiger partial charge in [0.15, 0.2) is 0 Å². The minimum atomic E-state index is 0. The lowest BCUT2D eigenvalue weighted by Gasteiger charge is -2.22. The molecule has 1 atom stereocenters. The number of hydrogen-bond acceptors (Lipinski definition) is 3. The average molecular weight is 168 g/mol. The molecule has 1 fully saturated rings. The summed E-state index contributed by atoms with van der Waals surface area (Å²) < 4.78 is 10.5. The number of hydrogen-bond donors (Lipinski definition) is 1. The van der Waals surface area contributed by atoms with Crippen LogP contribution in [0, 0.1) is 0 Å². The van der Waals surface area contributed by atoms with Crippen molar-refractivity contribution < 1.29 is 9.47 Å². The molecule has 1 rings (SSSR count). The highest BCUT2D eigenvalue weighted by Gasteiger charge is 2.11. The van der Waals surface area contributed by atoms with Crippen molar-refractivity contribution in [3.63, 3.8) is 0 Å². The zero-order valence-electron chi connectivity index (χ0n) is 6.13. The van der Waals surface area contributed by atoms with Crippen molar-refractivity contribution in [1.82, 2.24) is 5.32 Å². The average Bonchev–Trinajstić information content (AvgIpc) is 1.91. The molecular formula is C6H14ClNO2. The SMILES string of the molecule is CNC[C@@H]1COCCO1.Cl. The van der Waals surface area contributed by atoms with Crippen LogP contribution >= 0.6 is 12.4 Å². The molecule has 0 unspecified atom stereocenters. The van der Waals surface area contributed by atoms with Gasteiger partial charge in [0.05, 0.1) is 25.9 Å². The molecule has 1 aliphatic rings. The summed E-state index contributed by atoms with van der Waals surface area (Å²) in [5.41, 5.74) is 0. The summed E-state index contributed by atoms with van der Waals surface area (Å²) in [6.07, 6.45) is 0.267. The molecule has 0 aromatic heterocycles. The highest BCUT2D eigenvalue weighted by atomic mass is 35.5. The molecule has 0 spiro atoms. The fourth-order valence-electron chi connectivity index (χ4n) is 0.882. The monoisotopic (exact) mass is 167 g/mol. The van der Waals surface area contributed by atoms with Gasteiger partial charge in [-0.3, -0.25) is 0 Å². The largest absolute Gasteiger partial charge is 0.376 e. The van der Waals surface area contributed by atoms with Gasteiger partial charge in [0.1, 0.15) is 0 Å². The smallest absolute Gasteiger partial charge is 0.0933 e.